The van der Waals surface area contributed by atoms with E-state index in [1.165, 1.54) is 24.9 Å². The third-order valence-corrected chi connectivity index (χ3v) is 4.67. The highest BCUT2D eigenvalue weighted by Crippen LogP contribution is 2.31. The van der Waals surface area contributed by atoms with Crippen LogP contribution < -0.4 is 5.73 Å². The molecule has 0 heterocycles. The van der Waals surface area contributed by atoms with E-state index in [9.17, 15) is 0 Å². The minimum atomic E-state index is 0.121. The summed E-state index contributed by atoms with van der Waals surface area (Å²) in [5.41, 5.74) is 7.55. The zero-order chi connectivity index (χ0) is 13.8. The van der Waals surface area contributed by atoms with E-state index in [1.807, 2.05) is 6.07 Å². The number of rotatable bonds is 7. The van der Waals surface area contributed by atoms with Gasteiger partial charge in [-0.15, -0.1) is 0 Å². The van der Waals surface area contributed by atoms with E-state index in [1.54, 1.807) is 0 Å². The molecule has 0 spiro atoms. The molecule has 1 unspecified atom stereocenters. The van der Waals surface area contributed by atoms with Crippen LogP contribution in [0.15, 0.2) is 28.7 Å². The van der Waals surface area contributed by atoms with Crippen LogP contribution in [0, 0.1) is 5.92 Å². The Morgan fingerprint density at radius 3 is 2.58 bits per heavy atom. The van der Waals surface area contributed by atoms with Crippen molar-refractivity contribution in [3.63, 3.8) is 0 Å². The van der Waals surface area contributed by atoms with Crippen molar-refractivity contribution < 1.29 is 0 Å². The summed E-state index contributed by atoms with van der Waals surface area (Å²) in [6.45, 7) is 6.91. The van der Waals surface area contributed by atoms with Gasteiger partial charge in [0, 0.05) is 29.6 Å². The summed E-state index contributed by atoms with van der Waals surface area (Å²) in [5.74, 6) is 0.946. The Labute approximate surface area is 125 Å². The van der Waals surface area contributed by atoms with Gasteiger partial charge in [0.1, 0.15) is 0 Å². The van der Waals surface area contributed by atoms with E-state index in [2.05, 4.69) is 52.9 Å². The Balaban J connectivity index is 1.87. The molecule has 1 saturated carbocycles. The average molecular weight is 325 g/mol. The highest BCUT2D eigenvalue weighted by atomic mass is 79.9. The zero-order valence-electron chi connectivity index (χ0n) is 12.0. The van der Waals surface area contributed by atoms with Gasteiger partial charge in [-0.25, -0.2) is 0 Å². The lowest BCUT2D eigenvalue weighted by atomic mass is 10.0. The van der Waals surface area contributed by atoms with E-state index in [0.717, 1.165) is 23.4 Å². The Bertz CT molecular complexity index is 401. The number of nitrogens with zero attached hydrogens (tertiary/aromatic N) is 1. The van der Waals surface area contributed by atoms with Crippen LogP contribution in [0.4, 0.5) is 0 Å². The third-order valence-electron chi connectivity index (χ3n) is 3.95. The Morgan fingerprint density at radius 2 is 2.00 bits per heavy atom. The van der Waals surface area contributed by atoms with Crippen molar-refractivity contribution in [3.05, 3.63) is 34.3 Å². The largest absolute Gasteiger partial charge is 0.324 e. The molecule has 0 aliphatic heterocycles. The normalized spacial score (nSPS) is 17.2. The maximum atomic E-state index is 6.33. The van der Waals surface area contributed by atoms with Gasteiger partial charge >= 0.3 is 0 Å². The molecule has 1 atom stereocenters. The van der Waals surface area contributed by atoms with Crippen LogP contribution in [0.25, 0.3) is 0 Å². The number of hydrogen-bond donors (Lipinski definition) is 1. The van der Waals surface area contributed by atoms with Gasteiger partial charge in [0.2, 0.25) is 0 Å². The van der Waals surface area contributed by atoms with E-state index in [4.69, 9.17) is 5.73 Å². The first-order chi connectivity index (χ1) is 9.08. The summed E-state index contributed by atoms with van der Waals surface area (Å²) in [6.07, 6.45) is 3.85. The van der Waals surface area contributed by atoms with E-state index < -0.39 is 0 Å². The maximum Gasteiger partial charge on any atom is 0.0318 e. The zero-order valence-corrected chi connectivity index (χ0v) is 13.6. The van der Waals surface area contributed by atoms with E-state index in [0.29, 0.717) is 6.04 Å². The molecule has 0 amide bonds. The predicted octanol–water partition coefficient (Wildman–Crippen LogP) is 3.96. The number of nitrogens with two attached hydrogens (primary N) is 1. The standard InChI is InChI=1S/C16H25BrN2/c1-12(2)19(11-13-7-8-13)10-9-16(18)14-5-3-4-6-15(14)17/h3-6,12-13,16H,7-11,18H2,1-2H3. The first-order valence-corrected chi connectivity index (χ1v) is 8.11. The summed E-state index contributed by atoms with van der Waals surface area (Å²) in [5, 5.41) is 0. The molecule has 1 aliphatic carbocycles. The van der Waals surface area contributed by atoms with Crippen LogP contribution in [0.1, 0.15) is 44.7 Å². The summed E-state index contributed by atoms with van der Waals surface area (Å²) in [4.78, 5) is 2.58. The first-order valence-electron chi connectivity index (χ1n) is 7.32. The SMILES string of the molecule is CC(C)N(CCC(N)c1ccccc1Br)CC1CC1. The fourth-order valence-electron chi connectivity index (χ4n) is 2.43. The molecule has 0 bridgehead atoms. The third kappa shape index (κ3) is 4.59. The van der Waals surface area contributed by atoms with Crippen molar-refractivity contribution in [2.24, 2.45) is 11.7 Å². The lowest BCUT2D eigenvalue weighted by Gasteiger charge is -2.28. The van der Waals surface area contributed by atoms with E-state index >= 15 is 0 Å². The van der Waals surface area contributed by atoms with Crippen LogP contribution in [-0.4, -0.2) is 24.0 Å². The van der Waals surface area contributed by atoms with Crippen molar-refractivity contribution in [2.45, 2.75) is 45.2 Å². The van der Waals surface area contributed by atoms with Crippen molar-refractivity contribution in [1.82, 2.24) is 4.90 Å². The molecular formula is C16H25BrN2. The molecule has 1 fully saturated rings. The van der Waals surface area contributed by atoms with Crippen LogP contribution >= 0.6 is 15.9 Å². The van der Waals surface area contributed by atoms with Crippen LogP contribution in [0.3, 0.4) is 0 Å². The molecule has 2 nitrogen and oxygen atoms in total. The second-order valence-electron chi connectivity index (χ2n) is 5.95. The molecule has 0 saturated heterocycles. The van der Waals surface area contributed by atoms with Crippen molar-refractivity contribution in [1.29, 1.82) is 0 Å². The molecule has 2 rings (SSSR count). The lowest BCUT2D eigenvalue weighted by molar-refractivity contribution is 0.205. The molecule has 2 N–H and O–H groups in total. The molecule has 3 heteroatoms. The van der Waals surface area contributed by atoms with E-state index in [-0.39, 0.29) is 6.04 Å². The Hall–Kier alpha value is -0.380. The molecule has 0 radical (unpaired) electrons. The summed E-state index contributed by atoms with van der Waals surface area (Å²) in [6, 6.07) is 9.02. The maximum absolute atomic E-state index is 6.33. The van der Waals surface area contributed by atoms with Crippen molar-refractivity contribution in [2.75, 3.05) is 13.1 Å². The molecule has 0 aromatic heterocycles. The van der Waals surface area contributed by atoms with Crippen molar-refractivity contribution >= 4 is 15.9 Å². The van der Waals surface area contributed by atoms with Gasteiger partial charge in [0.25, 0.3) is 0 Å². The van der Waals surface area contributed by atoms with Crippen LogP contribution in [0.2, 0.25) is 0 Å². The minimum Gasteiger partial charge on any atom is -0.324 e. The first kappa shape index (κ1) is 15.0. The molecule has 106 valence electrons. The predicted molar refractivity (Wildman–Crippen MR) is 85.1 cm³/mol. The van der Waals surface area contributed by atoms with Crippen LogP contribution in [0.5, 0.6) is 0 Å². The van der Waals surface area contributed by atoms with Gasteiger partial charge in [0.05, 0.1) is 0 Å². The highest BCUT2D eigenvalue weighted by molar-refractivity contribution is 9.10. The Morgan fingerprint density at radius 1 is 1.32 bits per heavy atom. The summed E-state index contributed by atoms with van der Waals surface area (Å²) < 4.78 is 1.13. The average Bonchev–Trinajstić information content (AvgIpc) is 3.18. The van der Waals surface area contributed by atoms with Gasteiger partial charge in [-0.3, -0.25) is 0 Å². The fourth-order valence-corrected chi connectivity index (χ4v) is 3.01. The molecule has 1 aliphatic rings. The molecule has 1 aromatic rings. The second-order valence-corrected chi connectivity index (χ2v) is 6.80. The summed E-state index contributed by atoms with van der Waals surface area (Å²) >= 11 is 3.59. The van der Waals surface area contributed by atoms with Gasteiger partial charge < -0.3 is 10.6 Å². The van der Waals surface area contributed by atoms with Gasteiger partial charge in [-0.1, -0.05) is 34.1 Å². The number of benzene rings is 1. The molecule has 19 heavy (non-hydrogen) atoms. The highest BCUT2D eigenvalue weighted by Gasteiger charge is 2.25. The minimum absolute atomic E-state index is 0.121. The Kier molecular flexibility index (Phi) is 5.43. The number of hydrogen-bond acceptors (Lipinski definition) is 2. The van der Waals surface area contributed by atoms with Gasteiger partial charge in [-0.05, 0) is 50.7 Å². The smallest absolute Gasteiger partial charge is 0.0318 e. The monoisotopic (exact) mass is 324 g/mol. The number of halogens is 1. The lowest BCUT2D eigenvalue weighted by Crippen LogP contribution is -2.35. The van der Waals surface area contributed by atoms with Crippen molar-refractivity contribution in [3.8, 4) is 0 Å². The fraction of sp³-hybridized carbons (Fsp3) is 0.625. The molecule has 1 aromatic carbocycles. The van der Waals surface area contributed by atoms with Crippen LogP contribution in [-0.2, 0) is 0 Å². The topological polar surface area (TPSA) is 29.3 Å². The van der Waals surface area contributed by atoms with Gasteiger partial charge in [-0.2, -0.15) is 0 Å². The summed E-state index contributed by atoms with van der Waals surface area (Å²) in [7, 11) is 0. The molecular weight excluding hydrogens is 300 g/mol. The quantitative estimate of drug-likeness (QED) is 0.822. The second kappa shape index (κ2) is 6.87. The van der Waals surface area contributed by atoms with Gasteiger partial charge in [0.15, 0.2) is 0 Å².